The van der Waals surface area contributed by atoms with Crippen molar-refractivity contribution in [1.29, 1.82) is 0 Å². The zero-order valence-electron chi connectivity index (χ0n) is 9.95. The van der Waals surface area contributed by atoms with E-state index in [0.717, 1.165) is 13.0 Å². The normalized spacial score (nSPS) is 20.2. The molecule has 0 aliphatic heterocycles. The Morgan fingerprint density at radius 1 is 1.25 bits per heavy atom. The average Bonchev–Trinajstić information content (AvgIpc) is 2.66. The quantitative estimate of drug-likeness (QED) is 0.739. The maximum absolute atomic E-state index is 12.1. The molecular formula is C12H22F3N. The molecule has 0 radical (unpaired) electrons. The smallest absolute Gasteiger partial charge is 0.314 e. The molecule has 1 atom stereocenters. The Hall–Kier alpha value is -0.250. The Labute approximate surface area is 95.8 Å². The van der Waals surface area contributed by atoms with Gasteiger partial charge >= 0.3 is 6.18 Å². The number of rotatable bonds is 6. The van der Waals surface area contributed by atoms with E-state index in [0.29, 0.717) is 5.92 Å². The fourth-order valence-electron chi connectivity index (χ4n) is 2.58. The van der Waals surface area contributed by atoms with Gasteiger partial charge in [0.05, 0.1) is 0 Å². The van der Waals surface area contributed by atoms with Crippen LogP contribution in [0.1, 0.15) is 51.9 Å². The monoisotopic (exact) mass is 237 g/mol. The van der Waals surface area contributed by atoms with Crippen molar-refractivity contribution in [2.45, 2.75) is 64.1 Å². The fraction of sp³-hybridized carbons (Fsp3) is 1.00. The zero-order chi connectivity index (χ0) is 12.0. The maximum atomic E-state index is 12.1. The van der Waals surface area contributed by atoms with Crippen molar-refractivity contribution in [3.63, 3.8) is 0 Å². The molecule has 1 nitrogen and oxygen atoms in total. The molecule has 1 aliphatic carbocycles. The van der Waals surface area contributed by atoms with Gasteiger partial charge in [0.15, 0.2) is 0 Å². The first-order valence-corrected chi connectivity index (χ1v) is 6.31. The third kappa shape index (κ3) is 5.73. The lowest BCUT2D eigenvalue weighted by atomic mass is 9.95. The molecule has 0 spiro atoms. The van der Waals surface area contributed by atoms with Crippen LogP contribution < -0.4 is 5.32 Å². The molecule has 0 bridgehead atoms. The molecule has 1 N–H and O–H groups in total. The van der Waals surface area contributed by atoms with Crippen molar-refractivity contribution in [1.82, 2.24) is 5.32 Å². The first-order valence-electron chi connectivity index (χ1n) is 6.31. The van der Waals surface area contributed by atoms with Crippen LogP contribution in [0.15, 0.2) is 0 Å². The van der Waals surface area contributed by atoms with Gasteiger partial charge in [-0.05, 0) is 25.3 Å². The summed E-state index contributed by atoms with van der Waals surface area (Å²) < 4.78 is 36.4. The first kappa shape index (κ1) is 13.8. The van der Waals surface area contributed by atoms with Crippen LogP contribution in [-0.4, -0.2) is 18.8 Å². The lowest BCUT2D eigenvalue weighted by Crippen LogP contribution is -2.32. The molecule has 1 rings (SSSR count). The van der Waals surface area contributed by atoms with Gasteiger partial charge < -0.3 is 5.32 Å². The second-order valence-electron chi connectivity index (χ2n) is 4.79. The van der Waals surface area contributed by atoms with Gasteiger partial charge in [-0.1, -0.05) is 32.6 Å². The molecule has 4 heteroatoms. The van der Waals surface area contributed by atoms with Crippen LogP contribution in [0.2, 0.25) is 0 Å². The van der Waals surface area contributed by atoms with Crippen LogP contribution in [0.4, 0.5) is 13.2 Å². The number of alkyl halides is 3. The van der Waals surface area contributed by atoms with Crippen molar-refractivity contribution >= 4 is 0 Å². The number of hydrogen-bond acceptors (Lipinski definition) is 1. The van der Waals surface area contributed by atoms with Gasteiger partial charge in [0, 0.05) is 12.5 Å². The molecule has 0 aromatic carbocycles. The second-order valence-corrected chi connectivity index (χ2v) is 4.79. The summed E-state index contributed by atoms with van der Waals surface area (Å²) in [5.41, 5.74) is 0. The van der Waals surface area contributed by atoms with Crippen LogP contribution in [0.5, 0.6) is 0 Å². The molecular weight excluding hydrogens is 215 g/mol. The van der Waals surface area contributed by atoms with Gasteiger partial charge in [-0.15, -0.1) is 0 Å². The van der Waals surface area contributed by atoms with E-state index in [4.69, 9.17) is 0 Å². The van der Waals surface area contributed by atoms with E-state index in [9.17, 15) is 13.2 Å². The minimum Gasteiger partial charge on any atom is -0.314 e. The molecule has 1 saturated carbocycles. The van der Waals surface area contributed by atoms with Gasteiger partial charge in [-0.3, -0.25) is 0 Å². The number of nitrogens with one attached hydrogen (secondary N) is 1. The third-order valence-electron chi connectivity index (χ3n) is 3.36. The minimum atomic E-state index is -4.01. The molecule has 0 aromatic rings. The minimum absolute atomic E-state index is 0.0507. The highest BCUT2D eigenvalue weighted by Gasteiger charge is 2.29. The Morgan fingerprint density at radius 3 is 2.38 bits per heavy atom. The summed E-state index contributed by atoms with van der Waals surface area (Å²) in [6.45, 7) is 2.71. The van der Waals surface area contributed by atoms with Crippen molar-refractivity contribution in [3.05, 3.63) is 0 Å². The van der Waals surface area contributed by atoms with Crippen LogP contribution in [0.25, 0.3) is 0 Å². The van der Waals surface area contributed by atoms with Crippen molar-refractivity contribution in [2.24, 2.45) is 5.92 Å². The van der Waals surface area contributed by atoms with Crippen LogP contribution in [0.3, 0.4) is 0 Å². The summed E-state index contributed by atoms with van der Waals surface area (Å²) in [5, 5.41) is 3.18. The summed E-state index contributed by atoms with van der Waals surface area (Å²) in [7, 11) is 0. The summed E-state index contributed by atoms with van der Waals surface area (Å²) in [4.78, 5) is 0. The lowest BCUT2D eigenvalue weighted by Gasteiger charge is -2.22. The topological polar surface area (TPSA) is 12.0 Å². The number of hydrogen-bond donors (Lipinski definition) is 1. The molecule has 16 heavy (non-hydrogen) atoms. The van der Waals surface area contributed by atoms with Crippen LogP contribution >= 0.6 is 0 Å². The molecule has 1 fully saturated rings. The van der Waals surface area contributed by atoms with E-state index in [1.165, 1.54) is 25.7 Å². The highest BCUT2D eigenvalue weighted by atomic mass is 19.4. The molecule has 0 aromatic heterocycles. The van der Waals surface area contributed by atoms with Crippen molar-refractivity contribution in [3.8, 4) is 0 Å². The van der Waals surface area contributed by atoms with E-state index in [2.05, 4.69) is 5.32 Å². The van der Waals surface area contributed by atoms with Crippen molar-refractivity contribution in [2.75, 3.05) is 6.54 Å². The predicted molar refractivity (Wildman–Crippen MR) is 59.3 cm³/mol. The molecule has 0 saturated heterocycles. The van der Waals surface area contributed by atoms with E-state index in [1.807, 2.05) is 6.92 Å². The SMILES string of the molecule is CCNC(CCC(F)(F)F)CC1CCCC1. The van der Waals surface area contributed by atoms with E-state index in [-0.39, 0.29) is 12.5 Å². The maximum Gasteiger partial charge on any atom is 0.389 e. The standard InChI is InChI=1S/C12H22F3N/c1-2-16-11(7-8-12(13,14)15)9-10-5-3-4-6-10/h10-11,16H,2-9H2,1H3. The summed E-state index contributed by atoms with van der Waals surface area (Å²) in [6, 6.07) is 0.0507. The van der Waals surface area contributed by atoms with Crippen LogP contribution in [0, 0.1) is 5.92 Å². The summed E-state index contributed by atoms with van der Waals surface area (Å²) >= 11 is 0. The van der Waals surface area contributed by atoms with E-state index < -0.39 is 12.6 Å². The number of halogens is 3. The Morgan fingerprint density at radius 2 is 1.88 bits per heavy atom. The largest absolute Gasteiger partial charge is 0.389 e. The average molecular weight is 237 g/mol. The van der Waals surface area contributed by atoms with Crippen LogP contribution in [-0.2, 0) is 0 Å². The predicted octanol–water partition coefficient (Wildman–Crippen LogP) is 3.89. The molecule has 0 heterocycles. The summed E-state index contributed by atoms with van der Waals surface area (Å²) in [5.74, 6) is 0.650. The zero-order valence-corrected chi connectivity index (χ0v) is 9.95. The van der Waals surface area contributed by atoms with Gasteiger partial charge in [-0.2, -0.15) is 13.2 Å². The van der Waals surface area contributed by atoms with Gasteiger partial charge in [-0.25, -0.2) is 0 Å². The summed E-state index contributed by atoms with van der Waals surface area (Å²) in [6.07, 6.45) is 1.39. The highest BCUT2D eigenvalue weighted by molar-refractivity contribution is 4.76. The van der Waals surface area contributed by atoms with E-state index >= 15 is 0 Å². The first-order chi connectivity index (χ1) is 7.51. The Balaban J connectivity index is 2.28. The van der Waals surface area contributed by atoms with Gasteiger partial charge in [0.25, 0.3) is 0 Å². The fourth-order valence-corrected chi connectivity index (χ4v) is 2.58. The van der Waals surface area contributed by atoms with E-state index in [1.54, 1.807) is 0 Å². The molecule has 96 valence electrons. The Bertz CT molecular complexity index is 185. The molecule has 1 unspecified atom stereocenters. The van der Waals surface area contributed by atoms with Crippen molar-refractivity contribution < 1.29 is 13.2 Å². The van der Waals surface area contributed by atoms with Gasteiger partial charge in [0.2, 0.25) is 0 Å². The van der Waals surface area contributed by atoms with Gasteiger partial charge in [0.1, 0.15) is 0 Å². The molecule has 0 amide bonds. The molecule has 1 aliphatic rings. The lowest BCUT2D eigenvalue weighted by molar-refractivity contribution is -0.136. The second kappa shape index (κ2) is 6.48. The Kier molecular flexibility index (Phi) is 5.59. The highest BCUT2D eigenvalue weighted by Crippen LogP contribution is 2.30. The third-order valence-corrected chi connectivity index (χ3v) is 3.36.